The van der Waals surface area contributed by atoms with Crippen LogP contribution >= 0.6 is 23.5 Å². The molecule has 0 fully saturated rings. The van der Waals surface area contributed by atoms with Crippen molar-refractivity contribution in [1.29, 1.82) is 0 Å². The molecule has 0 bridgehead atoms. The van der Waals surface area contributed by atoms with Gasteiger partial charge < -0.3 is 4.90 Å². The Morgan fingerprint density at radius 1 is 0.369 bits per heavy atom. The molecule has 3 aliphatic heterocycles. The molecular formula is C57H37BN4S2Si. The minimum atomic E-state index is -2.75. The number of rotatable bonds is 6. The molecular weight excluding hydrogens is 844 g/mol. The Labute approximate surface area is 388 Å². The minimum Gasteiger partial charge on any atom is -0.311 e. The summed E-state index contributed by atoms with van der Waals surface area (Å²) in [4.78, 5) is 22.9. The van der Waals surface area contributed by atoms with Crippen LogP contribution in [0.4, 0.5) is 17.1 Å². The second-order valence-corrected chi connectivity index (χ2v) is 22.6. The van der Waals surface area contributed by atoms with E-state index in [1.165, 1.54) is 68.1 Å². The van der Waals surface area contributed by atoms with E-state index in [-0.39, 0.29) is 6.71 Å². The number of anilines is 3. The molecule has 0 N–H and O–H groups in total. The van der Waals surface area contributed by atoms with E-state index in [4.69, 9.17) is 15.0 Å². The number of hydrogen-bond donors (Lipinski definition) is 0. The lowest BCUT2D eigenvalue weighted by Gasteiger charge is -2.45. The first-order valence-electron chi connectivity index (χ1n) is 22.0. The van der Waals surface area contributed by atoms with Crippen molar-refractivity contribution < 1.29 is 0 Å². The van der Waals surface area contributed by atoms with Gasteiger partial charge in [-0.25, -0.2) is 15.0 Å². The van der Waals surface area contributed by atoms with Crippen LogP contribution in [0.25, 0.3) is 34.2 Å². The molecule has 0 amide bonds. The standard InChI is InChI=1S/C57H37BN4S2Si/c1-5-19-38(20-6-1)55-59-56(39-21-7-2-8-22-39)61-57(60-55)40-33-34-45-49(35-40)64-51-37-41(36-50-54(51)58(45)44-27-13-16-30-48(44)63-50)62-46-28-14-17-31-52(46)65(42-23-9-3-10-24-42,43-25-11-4-12-26-43)53-32-18-15-29-47(53)62/h1-37H. The van der Waals surface area contributed by atoms with Crippen LogP contribution in [0.15, 0.2) is 244 Å². The number of fused-ring (bicyclic) bond motifs is 6. The van der Waals surface area contributed by atoms with Gasteiger partial charge in [-0.2, -0.15) is 0 Å². The van der Waals surface area contributed by atoms with Gasteiger partial charge in [-0.15, -0.1) is 0 Å². The van der Waals surface area contributed by atoms with Crippen LogP contribution in [0.5, 0.6) is 0 Å². The molecule has 8 heteroatoms. The third-order valence-corrected chi connectivity index (χ3v) is 20.2. The van der Waals surface area contributed by atoms with E-state index in [9.17, 15) is 0 Å². The predicted octanol–water partition coefficient (Wildman–Crippen LogP) is 9.48. The van der Waals surface area contributed by atoms with Crippen molar-refractivity contribution in [1.82, 2.24) is 15.0 Å². The highest BCUT2D eigenvalue weighted by Crippen LogP contribution is 2.45. The molecule has 4 heterocycles. The van der Waals surface area contributed by atoms with E-state index in [0.717, 1.165) is 22.4 Å². The highest BCUT2D eigenvalue weighted by molar-refractivity contribution is 8.01. The van der Waals surface area contributed by atoms with Crippen molar-refractivity contribution in [2.45, 2.75) is 19.6 Å². The molecule has 1 aromatic heterocycles. The lowest BCUT2D eigenvalue weighted by molar-refractivity contribution is 1.07. The summed E-state index contributed by atoms with van der Waals surface area (Å²) in [6.45, 7) is 0.0899. The molecule has 3 aliphatic rings. The summed E-state index contributed by atoms with van der Waals surface area (Å²) in [5.74, 6) is 1.98. The lowest BCUT2D eigenvalue weighted by Crippen LogP contribution is -2.77. The highest BCUT2D eigenvalue weighted by atomic mass is 32.2. The largest absolute Gasteiger partial charge is 0.311 e. The van der Waals surface area contributed by atoms with Crippen LogP contribution in [0, 0.1) is 0 Å². The average Bonchev–Trinajstić information content (AvgIpc) is 3.38. The Hall–Kier alpha value is -7.23. The van der Waals surface area contributed by atoms with Crippen LogP contribution in [-0.4, -0.2) is 29.7 Å². The van der Waals surface area contributed by atoms with Crippen LogP contribution in [0.1, 0.15) is 0 Å². The molecule has 0 spiro atoms. The Morgan fingerprint density at radius 3 is 1.38 bits per heavy atom. The molecule has 0 saturated heterocycles. The zero-order chi connectivity index (χ0) is 42.9. The maximum atomic E-state index is 5.13. The molecule has 0 unspecified atom stereocenters. The molecule has 10 aromatic rings. The van der Waals surface area contributed by atoms with Crippen LogP contribution < -0.4 is 42.0 Å². The van der Waals surface area contributed by atoms with Gasteiger partial charge in [0.1, 0.15) is 0 Å². The summed E-state index contributed by atoms with van der Waals surface area (Å²) in [6, 6.07) is 82.0. The third-order valence-electron chi connectivity index (χ3n) is 13.1. The van der Waals surface area contributed by atoms with Gasteiger partial charge in [-0.3, -0.25) is 0 Å². The van der Waals surface area contributed by atoms with E-state index in [1.807, 2.05) is 59.9 Å². The monoisotopic (exact) mass is 880 g/mol. The summed E-state index contributed by atoms with van der Waals surface area (Å²) >= 11 is 3.77. The van der Waals surface area contributed by atoms with Gasteiger partial charge in [0.25, 0.3) is 0 Å². The smallest absolute Gasteiger partial charge is 0.247 e. The van der Waals surface area contributed by atoms with Gasteiger partial charge in [0, 0.05) is 53.3 Å². The van der Waals surface area contributed by atoms with Crippen LogP contribution in [-0.2, 0) is 0 Å². The first-order valence-corrected chi connectivity index (χ1v) is 25.6. The fourth-order valence-corrected chi connectivity index (χ4v) is 17.9. The Kier molecular flexibility index (Phi) is 9.12. The zero-order valence-corrected chi connectivity index (χ0v) is 37.7. The fourth-order valence-electron chi connectivity index (χ4n) is 10.3. The average molecular weight is 881 g/mol. The number of nitrogens with zero attached hydrogens (tertiary/aromatic N) is 4. The van der Waals surface area contributed by atoms with E-state index in [2.05, 4.69) is 193 Å². The SMILES string of the molecule is c1ccc(-c2nc(-c3ccccc3)nc(-c3ccc4c(c3)Sc3cc(N5c6ccccc6[Si](c6ccccc6)(c6ccccc6)c6ccccc65)cc5c3B4c3ccccc3S5)n2)cc1. The summed E-state index contributed by atoms with van der Waals surface area (Å²) in [5, 5.41) is 5.55. The van der Waals surface area contributed by atoms with Crippen molar-refractivity contribution >= 4 is 92.5 Å². The Bertz CT molecular complexity index is 3320. The number of aromatic nitrogens is 3. The quantitative estimate of drug-likeness (QED) is 0.155. The molecule has 0 atom stereocenters. The Balaban J connectivity index is 0.996. The predicted molar refractivity (Wildman–Crippen MR) is 274 cm³/mol. The lowest BCUT2D eigenvalue weighted by atomic mass is 9.36. The first-order chi connectivity index (χ1) is 32.2. The maximum Gasteiger partial charge on any atom is 0.247 e. The van der Waals surface area contributed by atoms with Crippen molar-refractivity contribution in [3.8, 4) is 34.2 Å². The fraction of sp³-hybridized carbons (Fsp3) is 0. The number of hydrogen-bond acceptors (Lipinski definition) is 6. The summed E-state index contributed by atoms with van der Waals surface area (Å²) in [6.07, 6.45) is 0. The van der Waals surface area contributed by atoms with E-state index < -0.39 is 8.07 Å². The number of benzene rings is 9. The summed E-state index contributed by atoms with van der Waals surface area (Å²) < 4.78 is 0. The molecule has 4 nitrogen and oxygen atoms in total. The van der Waals surface area contributed by atoms with Gasteiger partial charge in [-0.05, 0) is 62.6 Å². The van der Waals surface area contributed by atoms with Crippen molar-refractivity contribution in [2.75, 3.05) is 4.90 Å². The molecule has 304 valence electrons. The molecule has 0 aliphatic carbocycles. The van der Waals surface area contributed by atoms with E-state index in [0.29, 0.717) is 17.5 Å². The van der Waals surface area contributed by atoms with Crippen LogP contribution in [0.3, 0.4) is 0 Å². The molecule has 9 aromatic carbocycles. The number of para-hydroxylation sites is 2. The van der Waals surface area contributed by atoms with Crippen molar-refractivity contribution in [3.05, 3.63) is 224 Å². The minimum absolute atomic E-state index is 0.0899. The molecule has 0 radical (unpaired) electrons. The summed E-state index contributed by atoms with van der Waals surface area (Å²) in [7, 11) is -2.75. The second-order valence-electron chi connectivity index (χ2n) is 16.7. The van der Waals surface area contributed by atoms with Crippen molar-refractivity contribution in [3.63, 3.8) is 0 Å². The van der Waals surface area contributed by atoms with Gasteiger partial charge in [0.15, 0.2) is 25.5 Å². The Morgan fingerprint density at radius 2 is 0.815 bits per heavy atom. The van der Waals surface area contributed by atoms with Gasteiger partial charge in [-0.1, -0.05) is 223 Å². The zero-order valence-electron chi connectivity index (χ0n) is 35.0. The van der Waals surface area contributed by atoms with Gasteiger partial charge >= 0.3 is 0 Å². The summed E-state index contributed by atoms with van der Waals surface area (Å²) in [5.41, 5.74) is 10.6. The second kappa shape index (κ2) is 15.5. The first kappa shape index (κ1) is 38.2. The van der Waals surface area contributed by atoms with Gasteiger partial charge in [0.05, 0.1) is 0 Å². The molecule has 0 saturated carbocycles. The molecule has 65 heavy (non-hydrogen) atoms. The van der Waals surface area contributed by atoms with Gasteiger partial charge in [0.2, 0.25) is 6.71 Å². The van der Waals surface area contributed by atoms with E-state index >= 15 is 0 Å². The maximum absolute atomic E-state index is 5.13. The van der Waals surface area contributed by atoms with E-state index in [1.54, 1.807) is 0 Å². The highest BCUT2D eigenvalue weighted by Gasteiger charge is 2.49. The topological polar surface area (TPSA) is 41.9 Å². The normalized spacial score (nSPS) is 13.8. The molecule has 13 rings (SSSR count). The van der Waals surface area contributed by atoms with Crippen molar-refractivity contribution in [2.24, 2.45) is 0 Å². The third kappa shape index (κ3) is 6.12. The van der Waals surface area contributed by atoms with Crippen LogP contribution in [0.2, 0.25) is 0 Å².